The van der Waals surface area contributed by atoms with Crippen LogP contribution >= 0.6 is 0 Å². The van der Waals surface area contributed by atoms with Gasteiger partial charge < -0.3 is 17.3 Å². The van der Waals surface area contributed by atoms with Crippen LogP contribution in [0, 0.1) is 5.39 Å². The summed E-state index contributed by atoms with van der Waals surface area (Å²) in [7, 11) is -6.00. The zero-order valence-electron chi connectivity index (χ0n) is 11.8. The number of hydrogen-bond acceptors (Lipinski definition) is 1. The molecule has 0 spiro atoms. The zero-order chi connectivity index (χ0) is 16.9. The van der Waals surface area contributed by atoms with Crippen molar-refractivity contribution in [1.29, 1.82) is 5.39 Å². The number of rotatable bonds is 1. The molecule has 0 bridgehead atoms. The summed E-state index contributed by atoms with van der Waals surface area (Å²) in [6.45, 7) is 0. The number of hydrogen-bond donors (Lipinski definition) is 0. The van der Waals surface area contributed by atoms with Crippen molar-refractivity contribution in [2.75, 3.05) is 0 Å². The lowest BCUT2D eigenvalue weighted by molar-refractivity contribution is 0.368. The topological polar surface area (TPSA) is 28.1 Å². The molecule has 0 atom stereocenters. The van der Waals surface area contributed by atoms with Crippen molar-refractivity contribution in [3.63, 3.8) is 0 Å². The molecule has 0 aliphatic carbocycles. The predicted octanol–water partition coefficient (Wildman–Crippen LogP) is 6.29. The van der Waals surface area contributed by atoms with Gasteiger partial charge in [0.1, 0.15) is 0 Å². The van der Waals surface area contributed by atoms with Crippen LogP contribution in [0.4, 0.5) is 23.0 Å². The zero-order valence-corrected chi connectivity index (χ0v) is 11.8. The molecule has 116 valence electrons. The first kappa shape index (κ1) is 16.5. The van der Waals surface area contributed by atoms with Crippen LogP contribution in [0.5, 0.6) is 0 Å². The Kier molecular flexibility index (Phi) is 4.96. The van der Waals surface area contributed by atoms with Crippen LogP contribution in [-0.2, 0) is 0 Å². The number of nitrogens with zero attached hydrogens (tertiary/aromatic N) is 2. The standard InChI is InChI=1S/C16H11N2.BF4/c17-18-16-11-4-3-9-15(16)14-10-5-7-12-6-1-2-8-13(12)14;2-1(3,4)5/h1-11H;/q+1;-1. The Balaban J connectivity index is 0.000000338. The van der Waals surface area contributed by atoms with Crippen molar-refractivity contribution in [2.45, 2.75) is 0 Å². The smallest absolute Gasteiger partial charge is 0.418 e. The van der Waals surface area contributed by atoms with Crippen LogP contribution < -0.4 is 0 Å². The SMILES string of the molecule is F[B-](F)(F)F.N#[N+]c1ccccc1-c1cccc2ccccc12. The van der Waals surface area contributed by atoms with Crippen molar-refractivity contribution in [2.24, 2.45) is 0 Å². The van der Waals surface area contributed by atoms with Gasteiger partial charge in [-0.2, -0.15) is 0 Å². The fourth-order valence-electron chi connectivity index (χ4n) is 2.25. The minimum absolute atomic E-state index is 0.592. The van der Waals surface area contributed by atoms with Crippen LogP contribution in [0.3, 0.4) is 0 Å². The molecule has 0 radical (unpaired) electrons. The molecule has 0 fully saturated rings. The second kappa shape index (κ2) is 6.92. The Morgan fingerprint density at radius 3 is 1.91 bits per heavy atom. The summed E-state index contributed by atoms with van der Waals surface area (Å²) in [5, 5.41) is 11.4. The Morgan fingerprint density at radius 2 is 1.22 bits per heavy atom. The van der Waals surface area contributed by atoms with Crippen molar-refractivity contribution < 1.29 is 17.3 Å². The van der Waals surface area contributed by atoms with E-state index < -0.39 is 7.25 Å². The summed E-state index contributed by atoms with van der Waals surface area (Å²) in [5.41, 5.74) is 2.62. The lowest BCUT2D eigenvalue weighted by Gasteiger charge is -2.04. The van der Waals surface area contributed by atoms with Gasteiger partial charge in [0.25, 0.3) is 0 Å². The normalized spacial score (nSPS) is 10.6. The van der Waals surface area contributed by atoms with Gasteiger partial charge in [-0.05, 0) is 22.4 Å². The van der Waals surface area contributed by atoms with Gasteiger partial charge in [-0.3, -0.25) is 0 Å². The van der Waals surface area contributed by atoms with E-state index in [-0.39, 0.29) is 0 Å². The van der Waals surface area contributed by atoms with E-state index in [9.17, 15) is 17.3 Å². The highest BCUT2D eigenvalue weighted by Crippen LogP contribution is 2.34. The summed E-state index contributed by atoms with van der Waals surface area (Å²) in [6.07, 6.45) is 0. The third-order valence-corrected chi connectivity index (χ3v) is 3.09. The molecule has 0 amide bonds. The lowest BCUT2D eigenvalue weighted by atomic mass is 9.97. The first-order valence-corrected chi connectivity index (χ1v) is 6.70. The minimum Gasteiger partial charge on any atom is -0.418 e. The van der Waals surface area contributed by atoms with E-state index in [1.807, 2.05) is 42.5 Å². The number of diazo groups is 1. The summed E-state index contributed by atoms with van der Waals surface area (Å²) in [6, 6.07) is 21.9. The van der Waals surface area contributed by atoms with Crippen molar-refractivity contribution in [3.8, 4) is 11.1 Å². The fourth-order valence-corrected chi connectivity index (χ4v) is 2.25. The summed E-state index contributed by atoms with van der Waals surface area (Å²) in [5.74, 6) is 0. The molecule has 3 aromatic carbocycles. The first-order valence-electron chi connectivity index (χ1n) is 6.70. The van der Waals surface area contributed by atoms with Gasteiger partial charge >= 0.3 is 12.9 Å². The van der Waals surface area contributed by atoms with Gasteiger partial charge in [0.15, 0.2) is 4.98 Å². The highest BCUT2D eigenvalue weighted by atomic mass is 19.5. The molecule has 0 aliphatic rings. The molecule has 0 heterocycles. The summed E-state index contributed by atoms with van der Waals surface area (Å²) in [4.78, 5) is 3.35. The van der Waals surface area contributed by atoms with E-state index in [1.54, 1.807) is 6.07 Å². The van der Waals surface area contributed by atoms with Crippen molar-refractivity contribution >= 4 is 23.7 Å². The van der Waals surface area contributed by atoms with E-state index in [0.717, 1.165) is 16.5 Å². The van der Waals surface area contributed by atoms with Crippen molar-refractivity contribution in [3.05, 3.63) is 71.7 Å². The average molecular weight is 318 g/mol. The maximum absolute atomic E-state index is 9.75. The van der Waals surface area contributed by atoms with Crippen LogP contribution in [0.2, 0.25) is 0 Å². The first-order chi connectivity index (χ1) is 10.9. The molecule has 3 aromatic rings. The highest BCUT2D eigenvalue weighted by molar-refractivity contribution is 6.50. The van der Waals surface area contributed by atoms with Crippen LogP contribution in [0.15, 0.2) is 66.7 Å². The van der Waals surface area contributed by atoms with Crippen LogP contribution in [0.1, 0.15) is 0 Å². The van der Waals surface area contributed by atoms with E-state index >= 15 is 0 Å². The third-order valence-electron chi connectivity index (χ3n) is 3.09. The molecule has 0 saturated carbocycles. The van der Waals surface area contributed by atoms with Gasteiger partial charge in [-0.1, -0.05) is 54.6 Å². The Hall–Kier alpha value is -2.88. The van der Waals surface area contributed by atoms with E-state index in [4.69, 9.17) is 5.39 Å². The highest BCUT2D eigenvalue weighted by Gasteiger charge is 2.20. The molecule has 0 aliphatic heterocycles. The number of benzene rings is 3. The second-order valence-corrected chi connectivity index (χ2v) is 4.64. The molecular weight excluding hydrogens is 307 g/mol. The molecule has 0 N–H and O–H groups in total. The molecule has 0 saturated heterocycles. The number of fused-ring (bicyclic) bond motifs is 1. The Bertz CT molecular complexity index is 845. The monoisotopic (exact) mass is 318 g/mol. The quantitative estimate of drug-likeness (QED) is 0.294. The second-order valence-electron chi connectivity index (χ2n) is 4.64. The molecule has 0 aromatic heterocycles. The minimum atomic E-state index is -6.00. The van der Waals surface area contributed by atoms with Gasteiger partial charge in [-0.25, -0.2) is 0 Å². The third kappa shape index (κ3) is 4.55. The maximum Gasteiger partial charge on any atom is 0.673 e. The lowest BCUT2D eigenvalue weighted by Crippen LogP contribution is -2.02. The van der Waals surface area contributed by atoms with Gasteiger partial charge in [0.2, 0.25) is 5.39 Å². The van der Waals surface area contributed by atoms with Crippen molar-refractivity contribution in [1.82, 2.24) is 0 Å². The molecule has 2 nitrogen and oxygen atoms in total. The van der Waals surface area contributed by atoms with Crippen LogP contribution in [-0.4, -0.2) is 7.25 Å². The molecular formula is C16H11BF4N2. The summed E-state index contributed by atoms with van der Waals surface area (Å²) < 4.78 is 39.0. The Labute approximate surface area is 130 Å². The predicted molar refractivity (Wildman–Crippen MR) is 84.3 cm³/mol. The number of halogens is 4. The molecule has 23 heavy (non-hydrogen) atoms. The molecule has 3 rings (SSSR count). The van der Waals surface area contributed by atoms with Gasteiger partial charge in [0.05, 0.1) is 5.56 Å². The van der Waals surface area contributed by atoms with E-state index in [0.29, 0.717) is 5.69 Å². The average Bonchev–Trinajstić information content (AvgIpc) is 2.53. The Morgan fingerprint density at radius 1 is 0.696 bits per heavy atom. The van der Waals surface area contributed by atoms with Crippen LogP contribution in [0.25, 0.3) is 26.9 Å². The van der Waals surface area contributed by atoms with E-state index in [1.165, 1.54) is 5.39 Å². The summed E-state index contributed by atoms with van der Waals surface area (Å²) >= 11 is 0. The molecule has 7 heteroatoms. The molecule has 0 unspecified atom stereocenters. The van der Waals surface area contributed by atoms with E-state index in [2.05, 4.69) is 23.2 Å². The largest absolute Gasteiger partial charge is 0.673 e. The van der Waals surface area contributed by atoms with Gasteiger partial charge in [-0.15, -0.1) is 0 Å². The maximum atomic E-state index is 9.75. The fraction of sp³-hybridized carbons (Fsp3) is 0. The van der Waals surface area contributed by atoms with Gasteiger partial charge in [0, 0.05) is 6.07 Å².